The van der Waals surface area contributed by atoms with Crippen molar-refractivity contribution in [2.45, 2.75) is 19.4 Å². The van der Waals surface area contributed by atoms with Crippen LogP contribution in [0.1, 0.15) is 13.3 Å². The summed E-state index contributed by atoms with van der Waals surface area (Å²) in [4.78, 5) is 23.0. The number of hydrogen-bond donors (Lipinski definition) is 3. The number of nitrogens with one attached hydrogen (secondary N) is 3. The molecule has 0 saturated carbocycles. The van der Waals surface area contributed by atoms with Gasteiger partial charge in [0.1, 0.15) is 11.8 Å². The van der Waals surface area contributed by atoms with Crippen molar-refractivity contribution in [1.82, 2.24) is 10.6 Å². The molecule has 6 nitrogen and oxygen atoms in total. The van der Waals surface area contributed by atoms with Crippen molar-refractivity contribution in [3.05, 3.63) is 24.3 Å². The highest BCUT2D eigenvalue weighted by Crippen LogP contribution is 2.16. The van der Waals surface area contributed by atoms with Gasteiger partial charge < -0.3 is 15.4 Å². The first-order valence-electron chi connectivity index (χ1n) is 6.73. The second-order valence-electron chi connectivity index (χ2n) is 4.60. The van der Waals surface area contributed by atoms with Crippen molar-refractivity contribution >= 4 is 17.5 Å². The van der Waals surface area contributed by atoms with Crippen LogP contribution in [-0.4, -0.2) is 37.6 Å². The molecule has 2 rings (SSSR count). The standard InChI is InChI=1S/C14H19N3O3/c1-2-7-20-11-5-3-10(4-6-11)17-14(19)12-8-16-13(18)9-15-12/h3-6,12,15H,2,7-9H2,1H3,(H,16,18)(H,17,19). The van der Waals surface area contributed by atoms with Crippen molar-refractivity contribution in [2.24, 2.45) is 0 Å². The monoisotopic (exact) mass is 277 g/mol. The largest absolute Gasteiger partial charge is 0.494 e. The molecule has 0 radical (unpaired) electrons. The molecule has 0 bridgehead atoms. The first kappa shape index (κ1) is 14.3. The van der Waals surface area contributed by atoms with Gasteiger partial charge in [0.05, 0.1) is 13.2 Å². The molecule has 1 aliphatic heterocycles. The zero-order valence-corrected chi connectivity index (χ0v) is 11.4. The normalized spacial score (nSPS) is 18.2. The van der Waals surface area contributed by atoms with E-state index in [0.717, 1.165) is 12.2 Å². The molecule has 1 heterocycles. The predicted octanol–water partition coefficient (Wildman–Crippen LogP) is 0.502. The Labute approximate surface area is 117 Å². The number of piperazine rings is 1. The smallest absolute Gasteiger partial charge is 0.243 e. The van der Waals surface area contributed by atoms with E-state index in [-0.39, 0.29) is 18.4 Å². The Balaban J connectivity index is 1.86. The van der Waals surface area contributed by atoms with Crippen molar-refractivity contribution in [3.8, 4) is 5.75 Å². The Morgan fingerprint density at radius 2 is 2.15 bits per heavy atom. The van der Waals surface area contributed by atoms with E-state index in [1.807, 2.05) is 19.1 Å². The molecule has 1 saturated heterocycles. The van der Waals surface area contributed by atoms with E-state index < -0.39 is 6.04 Å². The van der Waals surface area contributed by atoms with E-state index in [4.69, 9.17) is 4.74 Å². The maximum Gasteiger partial charge on any atom is 0.243 e. The summed E-state index contributed by atoms with van der Waals surface area (Å²) in [5, 5.41) is 8.33. The van der Waals surface area contributed by atoms with Gasteiger partial charge in [0.25, 0.3) is 0 Å². The number of carbonyl (C=O) groups excluding carboxylic acids is 2. The second kappa shape index (κ2) is 6.91. The van der Waals surface area contributed by atoms with E-state index in [1.54, 1.807) is 12.1 Å². The quantitative estimate of drug-likeness (QED) is 0.732. The van der Waals surface area contributed by atoms with Gasteiger partial charge in [-0.15, -0.1) is 0 Å². The minimum atomic E-state index is -0.399. The third-order valence-electron chi connectivity index (χ3n) is 2.92. The lowest BCUT2D eigenvalue weighted by Gasteiger charge is -2.23. The van der Waals surface area contributed by atoms with Crippen molar-refractivity contribution < 1.29 is 14.3 Å². The predicted molar refractivity (Wildman–Crippen MR) is 75.7 cm³/mol. The number of carbonyl (C=O) groups is 2. The number of anilines is 1. The second-order valence-corrected chi connectivity index (χ2v) is 4.60. The summed E-state index contributed by atoms with van der Waals surface area (Å²) >= 11 is 0. The highest BCUT2D eigenvalue weighted by Gasteiger charge is 2.23. The van der Waals surface area contributed by atoms with Crippen LogP contribution in [0.5, 0.6) is 5.75 Å². The maximum absolute atomic E-state index is 12.0. The third-order valence-corrected chi connectivity index (χ3v) is 2.92. The van der Waals surface area contributed by atoms with E-state index in [1.165, 1.54) is 0 Å². The molecule has 1 aromatic rings. The topological polar surface area (TPSA) is 79.5 Å². The fraction of sp³-hybridized carbons (Fsp3) is 0.429. The SMILES string of the molecule is CCCOc1ccc(NC(=O)C2CNC(=O)CN2)cc1. The highest BCUT2D eigenvalue weighted by atomic mass is 16.5. The van der Waals surface area contributed by atoms with E-state index in [2.05, 4.69) is 16.0 Å². The van der Waals surface area contributed by atoms with Gasteiger partial charge in [0.2, 0.25) is 11.8 Å². The molecule has 1 fully saturated rings. The fourth-order valence-corrected chi connectivity index (χ4v) is 1.84. The molecule has 1 atom stereocenters. The molecule has 1 aromatic carbocycles. The Kier molecular flexibility index (Phi) is 4.95. The first-order chi connectivity index (χ1) is 9.69. The Hall–Kier alpha value is -2.08. The van der Waals surface area contributed by atoms with Crippen LogP contribution < -0.4 is 20.7 Å². The van der Waals surface area contributed by atoms with E-state index in [9.17, 15) is 9.59 Å². The molecule has 6 heteroatoms. The van der Waals surface area contributed by atoms with Crippen LogP contribution in [-0.2, 0) is 9.59 Å². The van der Waals surface area contributed by atoms with E-state index >= 15 is 0 Å². The lowest BCUT2D eigenvalue weighted by molar-refractivity contribution is -0.124. The highest BCUT2D eigenvalue weighted by molar-refractivity contribution is 5.96. The zero-order valence-electron chi connectivity index (χ0n) is 11.4. The van der Waals surface area contributed by atoms with Crippen molar-refractivity contribution in [2.75, 3.05) is 25.0 Å². The minimum absolute atomic E-state index is 0.0912. The fourth-order valence-electron chi connectivity index (χ4n) is 1.84. The van der Waals surface area contributed by atoms with Crippen LogP contribution in [0.25, 0.3) is 0 Å². The van der Waals surface area contributed by atoms with Gasteiger partial charge in [-0.2, -0.15) is 0 Å². The molecule has 1 aliphatic rings. The summed E-state index contributed by atoms with van der Waals surface area (Å²) in [6.07, 6.45) is 0.956. The van der Waals surface area contributed by atoms with Gasteiger partial charge in [-0.25, -0.2) is 0 Å². The first-order valence-corrected chi connectivity index (χ1v) is 6.73. The average Bonchev–Trinajstić information content (AvgIpc) is 2.47. The summed E-state index contributed by atoms with van der Waals surface area (Å²) in [6, 6.07) is 6.83. The number of amides is 2. The van der Waals surface area contributed by atoms with Gasteiger partial charge in [-0.1, -0.05) is 6.92 Å². The summed E-state index contributed by atoms with van der Waals surface area (Å²) in [5.41, 5.74) is 0.706. The van der Waals surface area contributed by atoms with Crippen LogP contribution in [0, 0.1) is 0 Å². The summed E-state index contributed by atoms with van der Waals surface area (Å²) in [6.45, 7) is 3.20. The van der Waals surface area contributed by atoms with Crippen LogP contribution in [0.2, 0.25) is 0 Å². The van der Waals surface area contributed by atoms with Crippen LogP contribution in [0.15, 0.2) is 24.3 Å². The molecule has 0 aromatic heterocycles. The van der Waals surface area contributed by atoms with Gasteiger partial charge in [0.15, 0.2) is 0 Å². The molecule has 0 spiro atoms. The molecule has 1 unspecified atom stereocenters. The van der Waals surface area contributed by atoms with Crippen molar-refractivity contribution in [3.63, 3.8) is 0 Å². The van der Waals surface area contributed by atoms with Gasteiger partial charge in [0, 0.05) is 12.2 Å². The molecule has 108 valence electrons. The van der Waals surface area contributed by atoms with E-state index in [0.29, 0.717) is 18.8 Å². The van der Waals surface area contributed by atoms with Crippen LogP contribution in [0.3, 0.4) is 0 Å². The summed E-state index contributed by atoms with van der Waals surface area (Å²) < 4.78 is 5.47. The molecule has 2 amide bonds. The summed E-state index contributed by atoms with van der Waals surface area (Å²) in [7, 11) is 0. The number of hydrogen-bond acceptors (Lipinski definition) is 4. The lowest BCUT2D eigenvalue weighted by Crippen LogP contribution is -2.56. The average molecular weight is 277 g/mol. The Morgan fingerprint density at radius 3 is 2.75 bits per heavy atom. The minimum Gasteiger partial charge on any atom is -0.494 e. The molecular formula is C14H19N3O3. The molecule has 20 heavy (non-hydrogen) atoms. The Bertz CT molecular complexity index is 463. The lowest BCUT2D eigenvalue weighted by atomic mass is 10.2. The maximum atomic E-state index is 12.0. The van der Waals surface area contributed by atoms with Crippen LogP contribution in [0.4, 0.5) is 5.69 Å². The van der Waals surface area contributed by atoms with Crippen molar-refractivity contribution in [1.29, 1.82) is 0 Å². The number of rotatable bonds is 5. The van der Waals surface area contributed by atoms with Gasteiger partial charge in [-0.3, -0.25) is 14.9 Å². The third kappa shape index (κ3) is 3.96. The number of benzene rings is 1. The zero-order chi connectivity index (χ0) is 14.4. The number of ether oxygens (including phenoxy) is 1. The molecule has 3 N–H and O–H groups in total. The van der Waals surface area contributed by atoms with Gasteiger partial charge in [-0.05, 0) is 30.7 Å². The van der Waals surface area contributed by atoms with Gasteiger partial charge >= 0.3 is 0 Å². The molecule has 0 aliphatic carbocycles. The Morgan fingerprint density at radius 1 is 1.40 bits per heavy atom. The summed E-state index contributed by atoms with van der Waals surface area (Å²) in [5.74, 6) is 0.534. The van der Waals surface area contributed by atoms with Crippen LogP contribution >= 0.6 is 0 Å². The molecular weight excluding hydrogens is 258 g/mol.